The third-order valence-electron chi connectivity index (χ3n) is 4.35. The van der Waals surface area contributed by atoms with Crippen LogP contribution in [0.5, 0.6) is 0 Å². The van der Waals surface area contributed by atoms with Gasteiger partial charge in [-0.3, -0.25) is 14.2 Å². The van der Waals surface area contributed by atoms with E-state index in [0.29, 0.717) is 21.9 Å². The van der Waals surface area contributed by atoms with Crippen molar-refractivity contribution in [3.05, 3.63) is 57.3 Å². The van der Waals surface area contributed by atoms with Crippen molar-refractivity contribution in [1.82, 2.24) is 14.5 Å². The van der Waals surface area contributed by atoms with Crippen LogP contribution in [0.3, 0.4) is 0 Å². The van der Waals surface area contributed by atoms with E-state index in [1.165, 1.54) is 23.1 Å². The highest BCUT2D eigenvalue weighted by molar-refractivity contribution is 7.99. The molecular formula is C19H17N3O2S2. The molecule has 0 saturated heterocycles. The number of H-pyrrole nitrogens is 1. The molecular weight excluding hydrogens is 366 g/mol. The zero-order chi connectivity index (χ0) is 18.3. The van der Waals surface area contributed by atoms with E-state index >= 15 is 0 Å². The number of aryl methyl sites for hydroxylation is 1. The molecule has 0 unspecified atom stereocenters. The molecule has 3 aromatic heterocycles. The van der Waals surface area contributed by atoms with Crippen LogP contribution in [-0.2, 0) is 6.54 Å². The number of hydrogen-bond donors (Lipinski definition) is 1. The number of rotatable bonds is 5. The summed E-state index contributed by atoms with van der Waals surface area (Å²) in [4.78, 5) is 33.3. The van der Waals surface area contributed by atoms with Gasteiger partial charge in [-0.25, -0.2) is 4.98 Å². The lowest BCUT2D eigenvalue weighted by molar-refractivity contribution is 0.102. The fourth-order valence-electron chi connectivity index (χ4n) is 3.15. The molecule has 0 aliphatic rings. The topological polar surface area (TPSA) is 67.8 Å². The molecule has 132 valence electrons. The largest absolute Gasteiger partial charge is 0.358 e. The molecule has 0 aliphatic heterocycles. The number of nitrogens with one attached hydrogen (secondary N) is 1. The average Bonchev–Trinajstić information content (AvgIpc) is 3.23. The highest BCUT2D eigenvalue weighted by Gasteiger charge is 2.18. The highest BCUT2D eigenvalue weighted by atomic mass is 32.2. The number of thiophene rings is 1. The van der Waals surface area contributed by atoms with Gasteiger partial charge >= 0.3 is 0 Å². The number of Topliss-reactive ketones (excluding diaryl/α,β-unsaturated/α-hetero) is 1. The summed E-state index contributed by atoms with van der Waals surface area (Å²) in [5.41, 5.74) is 3.20. The molecule has 0 fully saturated rings. The van der Waals surface area contributed by atoms with Gasteiger partial charge < -0.3 is 4.98 Å². The van der Waals surface area contributed by atoms with Gasteiger partial charge in [0.05, 0.1) is 11.3 Å². The van der Waals surface area contributed by atoms with E-state index in [0.717, 1.165) is 22.2 Å². The summed E-state index contributed by atoms with van der Waals surface area (Å²) >= 11 is 2.72. The molecule has 0 atom stereocenters. The van der Waals surface area contributed by atoms with Crippen LogP contribution in [0.2, 0.25) is 0 Å². The Bertz CT molecular complexity index is 1190. The van der Waals surface area contributed by atoms with Crippen molar-refractivity contribution in [1.29, 1.82) is 0 Å². The monoisotopic (exact) mass is 383 g/mol. The van der Waals surface area contributed by atoms with Gasteiger partial charge in [-0.15, -0.1) is 11.3 Å². The van der Waals surface area contributed by atoms with Crippen molar-refractivity contribution in [2.24, 2.45) is 0 Å². The molecule has 0 spiro atoms. The van der Waals surface area contributed by atoms with Gasteiger partial charge in [0.25, 0.3) is 5.56 Å². The van der Waals surface area contributed by atoms with Crippen molar-refractivity contribution in [2.75, 3.05) is 5.75 Å². The molecule has 0 radical (unpaired) electrons. The second-order valence-corrected chi connectivity index (χ2v) is 7.82. The van der Waals surface area contributed by atoms with Crippen molar-refractivity contribution >= 4 is 50.0 Å². The summed E-state index contributed by atoms with van der Waals surface area (Å²) in [6.07, 6.45) is 0. The average molecular weight is 383 g/mol. The number of fused-ring (bicyclic) bond motifs is 2. The van der Waals surface area contributed by atoms with Crippen LogP contribution >= 0.6 is 23.1 Å². The van der Waals surface area contributed by atoms with Crippen molar-refractivity contribution in [2.45, 2.75) is 25.5 Å². The first-order valence-corrected chi connectivity index (χ1v) is 10.2. The smallest absolute Gasteiger partial charge is 0.272 e. The Morgan fingerprint density at radius 2 is 2.12 bits per heavy atom. The summed E-state index contributed by atoms with van der Waals surface area (Å²) in [7, 11) is 0. The summed E-state index contributed by atoms with van der Waals surface area (Å²) in [5, 5.41) is 3.40. The van der Waals surface area contributed by atoms with Gasteiger partial charge in [-0.05, 0) is 31.4 Å². The fourth-order valence-corrected chi connectivity index (χ4v) is 4.86. The number of thioether (sulfide) groups is 1. The van der Waals surface area contributed by atoms with Gasteiger partial charge in [0, 0.05) is 28.7 Å². The number of carbonyl (C=O) groups excluding carboxylic acids is 1. The molecule has 0 aliphatic carbocycles. The summed E-state index contributed by atoms with van der Waals surface area (Å²) in [6, 6.07) is 9.64. The Kier molecular flexibility index (Phi) is 4.42. The van der Waals surface area contributed by atoms with Gasteiger partial charge in [0.15, 0.2) is 10.9 Å². The predicted molar refractivity (Wildman–Crippen MR) is 108 cm³/mol. The number of carbonyl (C=O) groups is 1. The minimum atomic E-state index is -0.0364. The van der Waals surface area contributed by atoms with Gasteiger partial charge in [-0.1, -0.05) is 30.0 Å². The number of para-hydroxylation sites is 1. The molecule has 7 heteroatoms. The molecule has 4 rings (SSSR count). The number of hydrogen-bond acceptors (Lipinski definition) is 5. The van der Waals surface area contributed by atoms with Gasteiger partial charge in [0.1, 0.15) is 4.70 Å². The first-order valence-electron chi connectivity index (χ1n) is 8.31. The molecule has 4 aromatic rings. The molecule has 3 heterocycles. The Balaban J connectivity index is 1.66. The van der Waals surface area contributed by atoms with E-state index in [4.69, 9.17) is 0 Å². The van der Waals surface area contributed by atoms with Crippen molar-refractivity contribution in [3.63, 3.8) is 0 Å². The van der Waals surface area contributed by atoms with E-state index in [1.54, 1.807) is 4.57 Å². The number of aromatic amines is 1. The summed E-state index contributed by atoms with van der Waals surface area (Å²) in [5.74, 6) is 0.275. The number of benzene rings is 1. The summed E-state index contributed by atoms with van der Waals surface area (Å²) in [6.45, 7) is 4.36. The van der Waals surface area contributed by atoms with E-state index < -0.39 is 0 Å². The zero-order valence-electron chi connectivity index (χ0n) is 14.4. The molecule has 0 bridgehead atoms. The van der Waals surface area contributed by atoms with Crippen LogP contribution < -0.4 is 5.56 Å². The van der Waals surface area contributed by atoms with E-state index in [1.807, 2.05) is 49.6 Å². The standard InChI is InChI=1S/C19H17N3O2S2/c1-3-22-18(24)17-14(8-9-25-17)21-19(22)26-10-15(23)16-11(2)20-13-7-5-4-6-12(13)16/h4-9,20H,3,10H2,1-2H3. The molecule has 5 nitrogen and oxygen atoms in total. The quantitative estimate of drug-likeness (QED) is 0.318. The van der Waals surface area contributed by atoms with Crippen LogP contribution in [-0.4, -0.2) is 26.1 Å². The maximum Gasteiger partial charge on any atom is 0.272 e. The Morgan fingerprint density at radius 3 is 2.92 bits per heavy atom. The zero-order valence-corrected chi connectivity index (χ0v) is 16.0. The number of ketones is 1. The van der Waals surface area contributed by atoms with Crippen LogP contribution in [0, 0.1) is 6.92 Å². The third-order valence-corrected chi connectivity index (χ3v) is 6.22. The molecule has 26 heavy (non-hydrogen) atoms. The molecule has 1 aromatic carbocycles. The third kappa shape index (κ3) is 2.77. The second-order valence-electron chi connectivity index (χ2n) is 5.96. The molecule has 0 amide bonds. The van der Waals surface area contributed by atoms with E-state index in [2.05, 4.69) is 9.97 Å². The van der Waals surface area contributed by atoms with Crippen molar-refractivity contribution < 1.29 is 4.79 Å². The van der Waals surface area contributed by atoms with Crippen LogP contribution in [0.15, 0.2) is 45.7 Å². The SMILES string of the molecule is CCn1c(SCC(=O)c2c(C)[nH]c3ccccc23)nc2ccsc2c1=O. The van der Waals surface area contributed by atoms with Gasteiger partial charge in [-0.2, -0.15) is 0 Å². The highest BCUT2D eigenvalue weighted by Crippen LogP contribution is 2.26. The lowest BCUT2D eigenvalue weighted by Crippen LogP contribution is -2.22. The van der Waals surface area contributed by atoms with E-state index in [9.17, 15) is 9.59 Å². The second kappa shape index (κ2) is 6.74. The summed E-state index contributed by atoms with van der Waals surface area (Å²) < 4.78 is 2.30. The number of nitrogens with zero attached hydrogens (tertiary/aromatic N) is 2. The normalized spacial score (nSPS) is 11.5. The van der Waals surface area contributed by atoms with Crippen molar-refractivity contribution in [3.8, 4) is 0 Å². The Labute approximate surface area is 158 Å². The predicted octanol–water partition coefficient (Wildman–Crippen LogP) is 4.24. The first-order chi connectivity index (χ1) is 12.6. The van der Waals surface area contributed by atoms with Crippen LogP contribution in [0.4, 0.5) is 0 Å². The lowest BCUT2D eigenvalue weighted by Gasteiger charge is -2.09. The lowest BCUT2D eigenvalue weighted by atomic mass is 10.1. The minimum absolute atomic E-state index is 0.0345. The van der Waals surface area contributed by atoms with Crippen LogP contribution in [0.1, 0.15) is 23.0 Å². The minimum Gasteiger partial charge on any atom is -0.358 e. The van der Waals surface area contributed by atoms with Crippen LogP contribution in [0.25, 0.3) is 21.1 Å². The maximum atomic E-state index is 12.9. The first kappa shape index (κ1) is 17.1. The number of aromatic nitrogens is 3. The fraction of sp³-hybridized carbons (Fsp3) is 0.211. The molecule has 0 saturated carbocycles. The van der Waals surface area contributed by atoms with E-state index in [-0.39, 0.29) is 17.1 Å². The van der Waals surface area contributed by atoms with Gasteiger partial charge in [0.2, 0.25) is 0 Å². The maximum absolute atomic E-state index is 12.9. The Hall–Kier alpha value is -2.38. The Morgan fingerprint density at radius 1 is 1.31 bits per heavy atom. The molecule has 1 N–H and O–H groups in total.